The molecule has 2 N–H and O–H groups in total. The third kappa shape index (κ3) is 4.74. The van der Waals surface area contributed by atoms with Gasteiger partial charge >= 0.3 is 0 Å². The van der Waals surface area contributed by atoms with Crippen molar-refractivity contribution < 1.29 is 13.2 Å². The zero-order valence-corrected chi connectivity index (χ0v) is 15.6. The summed E-state index contributed by atoms with van der Waals surface area (Å²) in [5.74, 6) is -0.271. The SMILES string of the molecule is C[C@@H](NC(=O)c1cccc(NS(=O)(=O)c2ccccc2)c1)c1ccccc1. The van der Waals surface area contributed by atoms with Gasteiger partial charge in [0.25, 0.3) is 15.9 Å². The topological polar surface area (TPSA) is 75.3 Å². The number of nitrogens with one attached hydrogen (secondary N) is 2. The summed E-state index contributed by atoms with van der Waals surface area (Å²) in [6.07, 6.45) is 0. The fourth-order valence-corrected chi connectivity index (χ4v) is 3.71. The third-order valence-electron chi connectivity index (χ3n) is 4.08. The smallest absolute Gasteiger partial charge is 0.261 e. The summed E-state index contributed by atoms with van der Waals surface area (Å²) in [5.41, 5.74) is 1.71. The zero-order valence-electron chi connectivity index (χ0n) is 14.8. The highest BCUT2D eigenvalue weighted by Gasteiger charge is 2.15. The Balaban J connectivity index is 1.74. The van der Waals surface area contributed by atoms with Gasteiger partial charge in [0.15, 0.2) is 0 Å². The highest BCUT2D eigenvalue weighted by atomic mass is 32.2. The van der Waals surface area contributed by atoms with E-state index in [0.29, 0.717) is 11.3 Å². The third-order valence-corrected chi connectivity index (χ3v) is 5.47. The van der Waals surface area contributed by atoms with Crippen LogP contribution in [0.3, 0.4) is 0 Å². The molecular formula is C21H20N2O3S. The Hall–Kier alpha value is -3.12. The predicted molar refractivity (Wildman–Crippen MR) is 106 cm³/mol. The molecule has 6 heteroatoms. The Morgan fingerprint density at radius 3 is 2.15 bits per heavy atom. The van der Waals surface area contributed by atoms with Crippen LogP contribution in [0.5, 0.6) is 0 Å². The highest BCUT2D eigenvalue weighted by molar-refractivity contribution is 7.92. The number of amides is 1. The van der Waals surface area contributed by atoms with Crippen molar-refractivity contribution in [3.63, 3.8) is 0 Å². The van der Waals surface area contributed by atoms with Gasteiger partial charge in [-0.1, -0.05) is 54.6 Å². The van der Waals surface area contributed by atoms with E-state index in [0.717, 1.165) is 5.56 Å². The van der Waals surface area contributed by atoms with Gasteiger partial charge in [-0.05, 0) is 42.8 Å². The monoisotopic (exact) mass is 380 g/mol. The van der Waals surface area contributed by atoms with Crippen molar-refractivity contribution in [2.45, 2.75) is 17.9 Å². The van der Waals surface area contributed by atoms with Gasteiger partial charge in [-0.15, -0.1) is 0 Å². The molecule has 0 fully saturated rings. The quantitative estimate of drug-likeness (QED) is 0.679. The number of hydrogen-bond donors (Lipinski definition) is 2. The molecule has 0 aliphatic rings. The first kappa shape index (κ1) is 18.7. The van der Waals surface area contributed by atoms with Crippen molar-refractivity contribution in [1.29, 1.82) is 0 Å². The van der Waals surface area contributed by atoms with Crippen molar-refractivity contribution in [2.75, 3.05) is 4.72 Å². The molecule has 5 nitrogen and oxygen atoms in total. The van der Waals surface area contributed by atoms with Crippen molar-refractivity contribution in [1.82, 2.24) is 5.32 Å². The number of hydrogen-bond acceptors (Lipinski definition) is 3. The van der Waals surface area contributed by atoms with Crippen LogP contribution < -0.4 is 10.0 Å². The number of benzene rings is 3. The summed E-state index contributed by atoms with van der Waals surface area (Å²) in [5, 5.41) is 2.92. The Morgan fingerprint density at radius 2 is 1.48 bits per heavy atom. The summed E-state index contributed by atoms with van der Waals surface area (Å²) in [6, 6.07) is 24.0. The van der Waals surface area contributed by atoms with E-state index in [4.69, 9.17) is 0 Å². The Bertz CT molecular complexity index is 1020. The maximum Gasteiger partial charge on any atom is 0.261 e. The molecule has 3 aromatic carbocycles. The lowest BCUT2D eigenvalue weighted by Gasteiger charge is -2.15. The van der Waals surface area contributed by atoms with Crippen molar-refractivity contribution in [3.8, 4) is 0 Å². The van der Waals surface area contributed by atoms with Gasteiger partial charge in [-0.2, -0.15) is 0 Å². The molecule has 27 heavy (non-hydrogen) atoms. The van der Waals surface area contributed by atoms with E-state index in [1.54, 1.807) is 36.4 Å². The molecule has 0 saturated heterocycles. The number of carbonyl (C=O) groups excluding carboxylic acids is 1. The summed E-state index contributed by atoms with van der Waals surface area (Å²) in [6.45, 7) is 1.90. The minimum atomic E-state index is -3.70. The highest BCUT2D eigenvalue weighted by Crippen LogP contribution is 2.18. The molecule has 3 rings (SSSR count). The minimum absolute atomic E-state index is 0.164. The summed E-state index contributed by atoms with van der Waals surface area (Å²) >= 11 is 0. The first-order chi connectivity index (χ1) is 13.0. The summed E-state index contributed by atoms with van der Waals surface area (Å²) in [7, 11) is -3.70. The van der Waals surface area contributed by atoms with Crippen LogP contribution in [0.2, 0.25) is 0 Å². The standard InChI is InChI=1S/C21H20N2O3S/c1-16(17-9-4-2-5-10-17)22-21(24)18-11-8-12-19(15-18)23-27(25,26)20-13-6-3-7-14-20/h2-16,23H,1H3,(H,22,24)/t16-/m1/s1. The van der Waals surface area contributed by atoms with Gasteiger partial charge in [0.1, 0.15) is 0 Å². The number of anilines is 1. The van der Waals surface area contributed by atoms with Crippen LogP contribution >= 0.6 is 0 Å². The van der Waals surface area contributed by atoms with Crippen LogP contribution in [0.1, 0.15) is 28.9 Å². The summed E-state index contributed by atoms with van der Waals surface area (Å²) in [4.78, 5) is 12.7. The fourth-order valence-electron chi connectivity index (χ4n) is 2.64. The lowest BCUT2D eigenvalue weighted by atomic mass is 10.1. The minimum Gasteiger partial charge on any atom is -0.346 e. The maximum atomic E-state index is 12.5. The largest absolute Gasteiger partial charge is 0.346 e. The van der Waals surface area contributed by atoms with Crippen molar-refractivity contribution in [3.05, 3.63) is 96.1 Å². The number of sulfonamides is 1. The Kier molecular flexibility index (Phi) is 5.57. The Labute approximate surface area is 159 Å². The van der Waals surface area contributed by atoms with E-state index in [1.807, 2.05) is 37.3 Å². The van der Waals surface area contributed by atoms with Crippen LogP contribution in [0.25, 0.3) is 0 Å². The van der Waals surface area contributed by atoms with Crippen LogP contribution in [0.15, 0.2) is 89.8 Å². The molecule has 0 bridgehead atoms. The van der Waals surface area contributed by atoms with E-state index in [9.17, 15) is 13.2 Å². The molecule has 0 unspecified atom stereocenters. The first-order valence-corrected chi connectivity index (χ1v) is 9.98. The van der Waals surface area contributed by atoms with E-state index in [2.05, 4.69) is 10.0 Å². The molecule has 3 aromatic rings. The number of rotatable bonds is 6. The molecule has 0 aliphatic carbocycles. The van der Waals surface area contributed by atoms with Crippen LogP contribution in [0.4, 0.5) is 5.69 Å². The molecule has 0 aromatic heterocycles. The lowest BCUT2D eigenvalue weighted by Crippen LogP contribution is -2.26. The van der Waals surface area contributed by atoms with Crippen molar-refractivity contribution >= 4 is 21.6 Å². The molecule has 0 radical (unpaired) electrons. The summed E-state index contributed by atoms with van der Waals surface area (Å²) < 4.78 is 27.4. The molecule has 0 spiro atoms. The average Bonchev–Trinajstić information content (AvgIpc) is 2.69. The van der Waals surface area contributed by atoms with Gasteiger partial charge in [0, 0.05) is 11.3 Å². The Morgan fingerprint density at radius 1 is 0.852 bits per heavy atom. The van der Waals surface area contributed by atoms with Crippen molar-refractivity contribution in [2.24, 2.45) is 0 Å². The molecular weight excluding hydrogens is 360 g/mol. The lowest BCUT2D eigenvalue weighted by molar-refractivity contribution is 0.0940. The van der Waals surface area contributed by atoms with Gasteiger partial charge in [-0.3, -0.25) is 9.52 Å². The van der Waals surface area contributed by atoms with E-state index in [1.165, 1.54) is 18.2 Å². The maximum absolute atomic E-state index is 12.5. The molecule has 0 heterocycles. The fraction of sp³-hybridized carbons (Fsp3) is 0.0952. The molecule has 1 atom stereocenters. The zero-order chi connectivity index (χ0) is 19.3. The van der Waals surface area contributed by atoms with Crippen LogP contribution in [-0.2, 0) is 10.0 Å². The van der Waals surface area contributed by atoms with E-state index in [-0.39, 0.29) is 16.8 Å². The molecule has 0 saturated carbocycles. The molecule has 0 aliphatic heterocycles. The average molecular weight is 380 g/mol. The van der Waals surface area contributed by atoms with E-state index < -0.39 is 10.0 Å². The van der Waals surface area contributed by atoms with Gasteiger partial charge in [-0.25, -0.2) is 8.42 Å². The number of carbonyl (C=O) groups is 1. The van der Waals surface area contributed by atoms with Gasteiger partial charge < -0.3 is 5.32 Å². The molecule has 1 amide bonds. The second kappa shape index (κ2) is 8.05. The molecule has 138 valence electrons. The van der Waals surface area contributed by atoms with Gasteiger partial charge in [0.05, 0.1) is 10.9 Å². The van der Waals surface area contributed by atoms with E-state index >= 15 is 0 Å². The van der Waals surface area contributed by atoms with Crippen LogP contribution in [0, 0.1) is 0 Å². The van der Waals surface area contributed by atoms with Crippen LogP contribution in [-0.4, -0.2) is 14.3 Å². The van der Waals surface area contributed by atoms with Gasteiger partial charge in [0.2, 0.25) is 0 Å². The second-order valence-electron chi connectivity index (χ2n) is 6.11. The first-order valence-electron chi connectivity index (χ1n) is 8.49. The second-order valence-corrected chi connectivity index (χ2v) is 7.79. The normalized spacial score (nSPS) is 12.2. The predicted octanol–water partition coefficient (Wildman–Crippen LogP) is 3.98.